The molecular weight excluding hydrogens is 244 g/mol. The summed E-state index contributed by atoms with van der Waals surface area (Å²) >= 11 is 1.90. The lowest BCUT2D eigenvalue weighted by molar-refractivity contribution is 0.428. The number of guanidine groups is 1. The Morgan fingerprint density at radius 1 is 1.06 bits per heavy atom. The van der Waals surface area contributed by atoms with Crippen LogP contribution in [0.3, 0.4) is 0 Å². The Hall–Kier alpha value is -0.420. The Kier molecular flexibility index (Phi) is 10.3. The molecule has 0 radical (unpaired) electrons. The number of aliphatic imine (C=N–C) groups is 1. The van der Waals surface area contributed by atoms with Crippen LogP contribution in [-0.2, 0) is 0 Å². The van der Waals surface area contributed by atoms with Gasteiger partial charge in [-0.15, -0.1) is 0 Å². The predicted molar refractivity (Wildman–Crippen MR) is 84.7 cm³/mol. The SMILES string of the molecule is CN=C(NCCCCSC)NCCNC(C)(C)C. The minimum absolute atomic E-state index is 0.177. The molecule has 0 saturated heterocycles. The van der Waals surface area contributed by atoms with E-state index in [1.54, 1.807) is 0 Å². The molecule has 0 bridgehead atoms. The minimum atomic E-state index is 0.177. The molecule has 18 heavy (non-hydrogen) atoms. The van der Waals surface area contributed by atoms with Gasteiger partial charge in [0, 0.05) is 32.2 Å². The second-order valence-electron chi connectivity index (χ2n) is 5.30. The Morgan fingerprint density at radius 2 is 1.72 bits per heavy atom. The number of thioether (sulfide) groups is 1. The van der Waals surface area contributed by atoms with Crippen LogP contribution in [0, 0.1) is 0 Å². The lowest BCUT2D eigenvalue weighted by Crippen LogP contribution is -2.44. The third-order valence-corrected chi connectivity index (χ3v) is 3.06. The molecule has 108 valence electrons. The van der Waals surface area contributed by atoms with Crippen LogP contribution in [0.25, 0.3) is 0 Å². The molecule has 0 unspecified atom stereocenters. The van der Waals surface area contributed by atoms with Crippen LogP contribution >= 0.6 is 11.8 Å². The highest BCUT2D eigenvalue weighted by molar-refractivity contribution is 7.98. The fourth-order valence-electron chi connectivity index (χ4n) is 1.42. The number of hydrogen-bond acceptors (Lipinski definition) is 3. The quantitative estimate of drug-likeness (QED) is 0.358. The van der Waals surface area contributed by atoms with E-state index in [2.05, 4.69) is 48.0 Å². The summed E-state index contributed by atoms with van der Waals surface area (Å²) in [5, 5.41) is 10.1. The van der Waals surface area contributed by atoms with E-state index >= 15 is 0 Å². The summed E-state index contributed by atoms with van der Waals surface area (Å²) in [5.41, 5.74) is 0.177. The first-order valence-electron chi connectivity index (χ1n) is 6.68. The maximum atomic E-state index is 4.20. The number of hydrogen-bond donors (Lipinski definition) is 3. The van der Waals surface area contributed by atoms with E-state index in [1.165, 1.54) is 18.6 Å². The highest BCUT2D eigenvalue weighted by atomic mass is 32.2. The van der Waals surface area contributed by atoms with Crippen LogP contribution in [0.2, 0.25) is 0 Å². The molecule has 0 heterocycles. The number of nitrogens with one attached hydrogen (secondary N) is 3. The van der Waals surface area contributed by atoms with Crippen LogP contribution in [0.1, 0.15) is 33.6 Å². The van der Waals surface area contributed by atoms with Crippen LogP contribution in [-0.4, -0.2) is 50.2 Å². The Bertz CT molecular complexity index is 224. The van der Waals surface area contributed by atoms with Crippen LogP contribution in [0.15, 0.2) is 4.99 Å². The molecule has 0 rings (SSSR count). The van der Waals surface area contributed by atoms with Gasteiger partial charge in [-0.1, -0.05) is 0 Å². The average Bonchev–Trinajstić information content (AvgIpc) is 2.30. The maximum Gasteiger partial charge on any atom is 0.191 e. The van der Waals surface area contributed by atoms with Gasteiger partial charge >= 0.3 is 0 Å². The summed E-state index contributed by atoms with van der Waals surface area (Å²) in [6.07, 6.45) is 4.61. The van der Waals surface area contributed by atoms with Gasteiger partial charge in [0.25, 0.3) is 0 Å². The molecule has 4 nitrogen and oxygen atoms in total. The Morgan fingerprint density at radius 3 is 2.28 bits per heavy atom. The third-order valence-electron chi connectivity index (χ3n) is 2.36. The smallest absolute Gasteiger partial charge is 0.191 e. The van der Waals surface area contributed by atoms with Crippen molar-refractivity contribution in [3.05, 3.63) is 0 Å². The van der Waals surface area contributed by atoms with Crippen LogP contribution < -0.4 is 16.0 Å². The van der Waals surface area contributed by atoms with Gasteiger partial charge in [-0.3, -0.25) is 4.99 Å². The summed E-state index contributed by atoms with van der Waals surface area (Å²) in [5.74, 6) is 2.14. The normalized spacial score (nSPS) is 12.6. The molecule has 0 saturated carbocycles. The minimum Gasteiger partial charge on any atom is -0.356 e. The number of unbranched alkanes of at least 4 members (excludes halogenated alkanes) is 1. The molecule has 0 aromatic rings. The largest absolute Gasteiger partial charge is 0.356 e. The Labute approximate surface area is 117 Å². The van der Waals surface area contributed by atoms with Gasteiger partial charge in [-0.05, 0) is 45.6 Å². The molecule has 0 aliphatic carbocycles. The number of rotatable bonds is 8. The fourth-order valence-corrected chi connectivity index (χ4v) is 1.91. The second kappa shape index (κ2) is 10.5. The molecule has 0 aliphatic heterocycles. The van der Waals surface area contributed by atoms with E-state index < -0.39 is 0 Å². The van der Waals surface area contributed by atoms with Crippen LogP contribution in [0.5, 0.6) is 0 Å². The fraction of sp³-hybridized carbons (Fsp3) is 0.923. The zero-order valence-electron chi connectivity index (χ0n) is 12.6. The van der Waals surface area contributed by atoms with Crippen molar-refractivity contribution in [1.82, 2.24) is 16.0 Å². The van der Waals surface area contributed by atoms with E-state index in [4.69, 9.17) is 0 Å². The van der Waals surface area contributed by atoms with E-state index in [0.29, 0.717) is 0 Å². The van der Waals surface area contributed by atoms with Crippen molar-refractivity contribution < 1.29 is 0 Å². The van der Waals surface area contributed by atoms with Crippen molar-refractivity contribution in [3.63, 3.8) is 0 Å². The van der Waals surface area contributed by atoms with Gasteiger partial charge in [-0.2, -0.15) is 11.8 Å². The zero-order chi connectivity index (χ0) is 13.9. The molecule has 0 amide bonds. The lowest BCUT2D eigenvalue weighted by Gasteiger charge is -2.21. The topological polar surface area (TPSA) is 48.5 Å². The second-order valence-corrected chi connectivity index (χ2v) is 6.29. The van der Waals surface area contributed by atoms with Gasteiger partial charge in [0.05, 0.1) is 0 Å². The highest BCUT2D eigenvalue weighted by Crippen LogP contribution is 1.97. The van der Waals surface area contributed by atoms with Crippen molar-refractivity contribution in [2.24, 2.45) is 4.99 Å². The van der Waals surface area contributed by atoms with Gasteiger partial charge < -0.3 is 16.0 Å². The molecule has 5 heteroatoms. The van der Waals surface area contributed by atoms with Gasteiger partial charge in [0.1, 0.15) is 0 Å². The van der Waals surface area contributed by atoms with Crippen molar-refractivity contribution >= 4 is 17.7 Å². The van der Waals surface area contributed by atoms with E-state index in [0.717, 1.165) is 25.6 Å². The van der Waals surface area contributed by atoms with Gasteiger partial charge in [0.15, 0.2) is 5.96 Å². The van der Waals surface area contributed by atoms with Crippen molar-refractivity contribution in [2.75, 3.05) is 38.7 Å². The van der Waals surface area contributed by atoms with Gasteiger partial charge in [-0.25, -0.2) is 0 Å². The summed E-state index contributed by atoms with van der Waals surface area (Å²) < 4.78 is 0. The number of nitrogens with zero attached hydrogens (tertiary/aromatic N) is 1. The standard InChI is InChI=1S/C13H30N4S/c1-13(2,3)17-10-9-16-12(14-4)15-8-6-7-11-18-5/h17H,6-11H2,1-5H3,(H2,14,15,16). The molecule has 0 fully saturated rings. The summed E-state index contributed by atoms with van der Waals surface area (Å²) in [4.78, 5) is 4.20. The predicted octanol–water partition coefficient (Wildman–Crippen LogP) is 1.68. The summed E-state index contributed by atoms with van der Waals surface area (Å²) in [7, 11) is 1.81. The highest BCUT2D eigenvalue weighted by Gasteiger charge is 2.07. The van der Waals surface area contributed by atoms with E-state index in [1.807, 2.05) is 18.8 Å². The summed E-state index contributed by atoms with van der Waals surface area (Å²) in [6.45, 7) is 9.34. The molecule has 0 aliphatic rings. The zero-order valence-corrected chi connectivity index (χ0v) is 13.4. The molecule has 3 N–H and O–H groups in total. The maximum absolute atomic E-state index is 4.20. The summed E-state index contributed by atoms with van der Waals surface area (Å²) in [6, 6.07) is 0. The molecule has 0 spiro atoms. The van der Waals surface area contributed by atoms with E-state index in [-0.39, 0.29) is 5.54 Å². The Balaban J connectivity index is 3.54. The van der Waals surface area contributed by atoms with E-state index in [9.17, 15) is 0 Å². The monoisotopic (exact) mass is 274 g/mol. The molecule has 0 atom stereocenters. The first-order chi connectivity index (χ1) is 8.49. The first-order valence-corrected chi connectivity index (χ1v) is 8.07. The van der Waals surface area contributed by atoms with Crippen molar-refractivity contribution in [2.45, 2.75) is 39.2 Å². The van der Waals surface area contributed by atoms with Crippen LogP contribution in [0.4, 0.5) is 0 Å². The van der Waals surface area contributed by atoms with Crippen molar-refractivity contribution in [1.29, 1.82) is 0 Å². The third kappa shape index (κ3) is 12.0. The lowest BCUT2D eigenvalue weighted by atomic mass is 10.1. The average molecular weight is 274 g/mol. The molecular formula is C13H30N4S. The van der Waals surface area contributed by atoms with Crippen molar-refractivity contribution in [3.8, 4) is 0 Å². The molecule has 0 aromatic heterocycles. The van der Waals surface area contributed by atoms with Gasteiger partial charge in [0.2, 0.25) is 0 Å². The molecule has 0 aromatic carbocycles. The first kappa shape index (κ1) is 17.6.